The Morgan fingerprint density at radius 3 is 2.65 bits per heavy atom. The van der Waals surface area contributed by atoms with Crippen LogP contribution in [0, 0.1) is 5.82 Å². The van der Waals surface area contributed by atoms with Crippen LogP contribution in [0.1, 0.15) is 12.8 Å². The normalized spacial score (nSPS) is 16.9. The van der Waals surface area contributed by atoms with Crippen molar-refractivity contribution in [2.75, 3.05) is 31.2 Å². The van der Waals surface area contributed by atoms with Gasteiger partial charge in [-0.3, -0.25) is 0 Å². The van der Waals surface area contributed by atoms with E-state index >= 15 is 0 Å². The van der Waals surface area contributed by atoms with Gasteiger partial charge in [0.25, 0.3) is 0 Å². The predicted octanol–water partition coefficient (Wildman–Crippen LogP) is 1.15. The molecule has 1 saturated heterocycles. The van der Waals surface area contributed by atoms with Crippen LogP contribution in [0.3, 0.4) is 0 Å². The molecule has 2 rings (SSSR count). The van der Waals surface area contributed by atoms with Gasteiger partial charge in [0.15, 0.2) is 0 Å². The first kappa shape index (κ1) is 14.7. The Kier molecular flexibility index (Phi) is 5.31. The molecule has 110 valence electrons. The first-order valence-corrected chi connectivity index (χ1v) is 6.67. The molecule has 0 saturated carbocycles. The number of rotatable bonds is 5. The number of aliphatic hydroxyl groups is 2. The number of halogens is 1. The second-order valence-electron chi connectivity index (χ2n) is 4.73. The summed E-state index contributed by atoms with van der Waals surface area (Å²) in [5, 5.41) is 21.7. The van der Waals surface area contributed by atoms with Crippen molar-refractivity contribution in [2.45, 2.75) is 18.9 Å². The lowest BCUT2D eigenvalue weighted by atomic mass is 10.1. The summed E-state index contributed by atoms with van der Waals surface area (Å²) in [5.74, 6) is -0.213. The monoisotopic (exact) mass is 282 g/mol. The summed E-state index contributed by atoms with van der Waals surface area (Å²) in [6.07, 6.45) is 0.491. The molecule has 0 bridgehead atoms. The van der Waals surface area contributed by atoms with Crippen molar-refractivity contribution >= 4 is 11.4 Å². The van der Waals surface area contributed by atoms with Crippen molar-refractivity contribution in [1.82, 2.24) is 0 Å². The van der Waals surface area contributed by atoms with Crippen molar-refractivity contribution < 1.29 is 19.4 Å². The second kappa shape index (κ2) is 7.21. The minimum absolute atomic E-state index is 0.0168. The lowest BCUT2D eigenvalue weighted by Crippen LogP contribution is -2.34. The summed E-state index contributed by atoms with van der Waals surface area (Å²) in [6, 6.07) is 6.72. The Morgan fingerprint density at radius 1 is 1.30 bits per heavy atom. The highest BCUT2D eigenvalue weighted by molar-refractivity contribution is 5.86. The van der Waals surface area contributed by atoms with Crippen LogP contribution in [-0.2, 0) is 4.84 Å². The Morgan fingerprint density at radius 2 is 2.00 bits per heavy atom. The molecule has 0 amide bonds. The number of hydrogen-bond donors (Lipinski definition) is 2. The molecule has 0 aliphatic carbocycles. The van der Waals surface area contributed by atoms with Crippen LogP contribution in [0.25, 0.3) is 0 Å². The molecule has 0 spiro atoms. The Balaban J connectivity index is 1.83. The van der Waals surface area contributed by atoms with E-state index in [2.05, 4.69) is 5.16 Å². The second-order valence-corrected chi connectivity index (χ2v) is 4.73. The molecule has 0 radical (unpaired) electrons. The van der Waals surface area contributed by atoms with Gasteiger partial charge in [0.1, 0.15) is 18.5 Å². The van der Waals surface area contributed by atoms with E-state index in [1.807, 2.05) is 11.0 Å². The summed E-state index contributed by atoms with van der Waals surface area (Å²) in [6.45, 7) is 1.01. The quantitative estimate of drug-likeness (QED) is 0.795. The number of hydrogen-bond acceptors (Lipinski definition) is 5. The van der Waals surface area contributed by atoms with E-state index in [1.54, 1.807) is 12.1 Å². The zero-order valence-electron chi connectivity index (χ0n) is 11.2. The first-order chi connectivity index (χ1) is 9.70. The molecule has 20 heavy (non-hydrogen) atoms. The van der Waals surface area contributed by atoms with Crippen LogP contribution in [-0.4, -0.2) is 48.3 Å². The summed E-state index contributed by atoms with van der Waals surface area (Å²) >= 11 is 0. The van der Waals surface area contributed by atoms with Crippen molar-refractivity contribution in [3.8, 4) is 0 Å². The standard InChI is InChI=1S/C14H19FN2O3/c15-13-3-1-2-4-14(13)17-7-5-11(6-8-17)16-20-10-12(19)9-18/h1-4,12,18-19H,5-10H2. The lowest BCUT2D eigenvalue weighted by molar-refractivity contribution is 0.00791. The SMILES string of the molecule is OCC(O)CON=C1CCN(c2ccccc2F)CC1. The number of oxime groups is 1. The molecule has 1 aromatic carbocycles. The number of aliphatic hydroxyl groups excluding tert-OH is 2. The molecule has 5 nitrogen and oxygen atoms in total. The van der Waals surface area contributed by atoms with Gasteiger partial charge < -0.3 is 20.0 Å². The summed E-state index contributed by atoms with van der Waals surface area (Å²) in [4.78, 5) is 6.96. The van der Waals surface area contributed by atoms with E-state index in [4.69, 9.17) is 15.1 Å². The van der Waals surface area contributed by atoms with Gasteiger partial charge in [0, 0.05) is 25.9 Å². The third-order valence-corrected chi connectivity index (χ3v) is 3.21. The molecule has 1 heterocycles. The third-order valence-electron chi connectivity index (χ3n) is 3.21. The molecule has 1 aliphatic heterocycles. The zero-order chi connectivity index (χ0) is 14.4. The van der Waals surface area contributed by atoms with Crippen molar-refractivity contribution in [3.05, 3.63) is 30.1 Å². The molecule has 1 aliphatic rings. The van der Waals surface area contributed by atoms with Crippen LogP contribution in [0.5, 0.6) is 0 Å². The van der Waals surface area contributed by atoms with Gasteiger partial charge in [-0.15, -0.1) is 0 Å². The van der Waals surface area contributed by atoms with Crippen LogP contribution >= 0.6 is 0 Å². The molecule has 1 unspecified atom stereocenters. The van der Waals surface area contributed by atoms with Crippen LogP contribution in [0.4, 0.5) is 10.1 Å². The topological polar surface area (TPSA) is 65.3 Å². The average molecular weight is 282 g/mol. The van der Waals surface area contributed by atoms with Gasteiger partial charge in [0.2, 0.25) is 0 Å². The first-order valence-electron chi connectivity index (χ1n) is 6.67. The molecule has 2 N–H and O–H groups in total. The van der Waals surface area contributed by atoms with E-state index < -0.39 is 6.10 Å². The third kappa shape index (κ3) is 3.91. The maximum atomic E-state index is 13.7. The van der Waals surface area contributed by atoms with Crippen LogP contribution in [0.15, 0.2) is 29.4 Å². The molecule has 1 aromatic rings. The summed E-state index contributed by atoms with van der Waals surface area (Å²) < 4.78 is 13.7. The van der Waals surface area contributed by atoms with Gasteiger partial charge in [-0.2, -0.15) is 0 Å². The van der Waals surface area contributed by atoms with Gasteiger partial charge in [-0.05, 0) is 12.1 Å². The van der Waals surface area contributed by atoms with E-state index in [-0.39, 0.29) is 19.0 Å². The fraction of sp³-hybridized carbons (Fsp3) is 0.500. The number of para-hydroxylation sites is 1. The highest BCUT2D eigenvalue weighted by Crippen LogP contribution is 2.21. The largest absolute Gasteiger partial charge is 0.394 e. The Labute approximate surface area is 117 Å². The van der Waals surface area contributed by atoms with E-state index in [9.17, 15) is 4.39 Å². The van der Waals surface area contributed by atoms with E-state index in [1.165, 1.54) is 6.07 Å². The smallest absolute Gasteiger partial charge is 0.146 e. The molecule has 1 atom stereocenters. The van der Waals surface area contributed by atoms with Gasteiger partial charge in [-0.25, -0.2) is 4.39 Å². The highest BCUT2D eigenvalue weighted by atomic mass is 19.1. The number of benzene rings is 1. The molecular weight excluding hydrogens is 263 g/mol. The van der Waals surface area contributed by atoms with Crippen molar-refractivity contribution in [3.63, 3.8) is 0 Å². The van der Waals surface area contributed by atoms with Gasteiger partial charge in [0.05, 0.1) is 18.0 Å². The van der Waals surface area contributed by atoms with Crippen LogP contribution < -0.4 is 4.90 Å². The molecular formula is C14H19FN2O3. The van der Waals surface area contributed by atoms with Crippen molar-refractivity contribution in [1.29, 1.82) is 0 Å². The maximum absolute atomic E-state index is 13.7. The molecule has 0 aromatic heterocycles. The van der Waals surface area contributed by atoms with E-state index in [0.29, 0.717) is 31.6 Å². The maximum Gasteiger partial charge on any atom is 0.146 e. The van der Waals surface area contributed by atoms with Gasteiger partial charge in [-0.1, -0.05) is 17.3 Å². The highest BCUT2D eigenvalue weighted by Gasteiger charge is 2.18. The fourth-order valence-electron chi connectivity index (χ4n) is 2.07. The molecule has 1 fully saturated rings. The zero-order valence-corrected chi connectivity index (χ0v) is 11.2. The minimum Gasteiger partial charge on any atom is -0.394 e. The number of piperidine rings is 1. The predicted molar refractivity (Wildman–Crippen MR) is 74.3 cm³/mol. The number of anilines is 1. The summed E-state index contributed by atoms with van der Waals surface area (Å²) in [7, 11) is 0. The van der Waals surface area contributed by atoms with Gasteiger partial charge >= 0.3 is 0 Å². The Bertz CT molecular complexity index is 457. The van der Waals surface area contributed by atoms with Crippen LogP contribution in [0.2, 0.25) is 0 Å². The number of nitrogens with zero attached hydrogens (tertiary/aromatic N) is 2. The summed E-state index contributed by atoms with van der Waals surface area (Å²) in [5.41, 5.74) is 1.51. The Hall–Kier alpha value is -1.66. The lowest BCUT2D eigenvalue weighted by Gasteiger charge is -2.29. The van der Waals surface area contributed by atoms with Crippen molar-refractivity contribution in [2.24, 2.45) is 5.16 Å². The fourth-order valence-corrected chi connectivity index (χ4v) is 2.07. The minimum atomic E-state index is -0.905. The average Bonchev–Trinajstić information content (AvgIpc) is 2.48. The van der Waals surface area contributed by atoms with E-state index in [0.717, 1.165) is 5.71 Å². The molecule has 6 heteroatoms.